The Kier molecular flexibility index (Phi) is 5.93. The highest BCUT2D eigenvalue weighted by Crippen LogP contribution is 2.34. The van der Waals surface area contributed by atoms with Crippen LogP contribution < -0.4 is 10.1 Å². The third-order valence-corrected chi connectivity index (χ3v) is 5.27. The molecule has 1 saturated heterocycles. The molecule has 26 heavy (non-hydrogen) atoms. The number of aromatic nitrogens is 2. The van der Waals surface area contributed by atoms with Gasteiger partial charge in [0, 0.05) is 25.4 Å². The third-order valence-electron chi connectivity index (χ3n) is 5.27. The van der Waals surface area contributed by atoms with Crippen LogP contribution in [0.5, 0.6) is 5.75 Å². The molecule has 0 unspecified atom stereocenters. The van der Waals surface area contributed by atoms with Gasteiger partial charge in [-0.25, -0.2) is 4.98 Å². The van der Waals surface area contributed by atoms with Gasteiger partial charge in [-0.15, -0.1) is 0 Å². The molecule has 0 radical (unpaired) electrons. The predicted octanol–water partition coefficient (Wildman–Crippen LogP) is 2.17. The minimum absolute atomic E-state index is 0.0338. The number of para-hydroxylation sites is 1. The van der Waals surface area contributed by atoms with Crippen molar-refractivity contribution in [3.05, 3.63) is 48.0 Å². The number of likely N-dealkylation sites (tertiary alicyclic amines) is 1. The molecule has 1 aromatic carbocycles. The van der Waals surface area contributed by atoms with Crippen LogP contribution in [-0.4, -0.2) is 47.6 Å². The summed E-state index contributed by atoms with van der Waals surface area (Å²) in [5, 5.41) is 3.13. The standard InChI is InChI=1S/C20H28N4O2/c1-23-10-6-8-16(20(23)17-13-21-14-24(17)2)12-22-19(25)11-15-7-4-5-9-18(15)26-3/h4-5,7,9,13-14,16,20H,6,8,10-12H2,1-3H3,(H,22,25)/t16-,20+/m0/s1. The van der Waals surface area contributed by atoms with E-state index in [-0.39, 0.29) is 11.9 Å². The molecule has 2 aromatic rings. The van der Waals surface area contributed by atoms with Crippen molar-refractivity contribution in [1.29, 1.82) is 0 Å². The number of imidazole rings is 1. The van der Waals surface area contributed by atoms with Crippen LogP contribution in [-0.2, 0) is 18.3 Å². The second-order valence-electron chi connectivity index (χ2n) is 7.05. The summed E-state index contributed by atoms with van der Waals surface area (Å²) >= 11 is 0. The maximum atomic E-state index is 12.5. The number of rotatable bonds is 6. The first kappa shape index (κ1) is 18.5. The molecular formula is C20H28N4O2. The van der Waals surface area contributed by atoms with Crippen molar-refractivity contribution in [3.8, 4) is 5.75 Å². The van der Waals surface area contributed by atoms with Gasteiger partial charge in [-0.2, -0.15) is 0 Å². The van der Waals surface area contributed by atoms with Gasteiger partial charge >= 0.3 is 0 Å². The highest BCUT2D eigenvalue weighted by atomic mass is 16.5. The van der Waals surface area contributed by atoms with Crippen LogP contribution in [0.25, 0.3) is 0 Å². The van der Waals surface area contributed by atoms with Gasteiger partial charge in [-0.1, -0.05) is 18.2 Å². The minimum atomic E-state index is 0.0338. The molecule has 2 heterocycles. The molecule has 1 aliphatic heterocycles. The van der Waals surface area contributed by atoms with Crippen LogP contribution >= 0.6 is 0 Å². The number of carbonyl (C=O) groups excluding carboxylic acids is 1. The predicted molar refractivity (Wildman–Crippen MR) is 101 cm³/mol. The molecule has 2 atom stereocenters. The molecule has 1 amide bonds. The summed E-state index contributed by atoms with van der Waals surface area (Å²) in [6.07, 6.45) is 6.38. The first-order valence-electron chi connectivity index (χ1n) is 9.15. The molecule has 1 fully saturated rings. The number of nitrogens with one attached hydrogen (secondary N) is 1. The number of methoxy groups -OCH3 is 1. The molecule has 0 aliphatic carbocycles. The monoisotopic (exact) mass is 356 g/mol. The number of aryl methyl sites for hydroxylation is 1. The van der Waals surface area contributed by atoms with Gasteiger partial charge in [-0.05, 0) is 38.4 Å². The number of carbonyl (C=O) groups is 1. The Bertz CT molecular complexity index is 743. The third kappa shape index (κ3) is 4.07. The molecule has 6 heteroatoms. The minimum Gasteiger partial charge on any atom is -0.496 e. The van der Waals surface area contributed by atoms with Gasteiger partial charge in [-0.3, -0.25) is 9.69 Å². The van der Waals surface area contributed by atoms with Crippen molar-refractivity contribution in [2.45, 2.75) is 25.3 Å². The maximum absolute atomic E-state index is 12.5. The SMILES string of the molecule is COc1ccccc1CC(=O)NC[C@@H]1CCCN(C)[C@H]1c1cncn1C. The topological polar surface area (TPSA) is 59.4 Å². The molecule has 0 spiro atoms. The Morgan fingerprint density at radius 1 is 1.35 bits per heavy atom. The van der Waals surface area contributed by atoms with E-state index < -0.39 is 0 Å². The fraction of sp³-hybridized carbons (Fsp3) is 0.500. The lowest BCUT2D eigenvalue weighted by atomic mass is 9.87. The van der Waals surface area contributed by atoms with Gasteiger partial charge in [0.1, 0.15) is 5.75 Å². The first-order chi connectivity index (χ1) is 12.6. The number of ether oxygens (including phenoxy) is 1. The molecule has 1 N–H and O–H groups in total. The Hall–Kier alpha value is -2.34. The summed E-state index contributed by atoms with van der Waals surface area (Å²) in [6.45, 7) is 1.75. The second-order valence-corrected chi connectivity index (χ2v) is 7.05. The van der Waals surface area contributed by atoms with E-state index in [1.54, 1.807) is 7.11 Å². The van der Waals surface area contributed by atoms with Crippen LogP contribution in [0.15, 0.2) is 36.8 Å². The molecule has 1 aromatic heterocycles. The number of benzene rings is 1. The molecule has 140 valence electrons. The molecular weight excluding hydrogens is 328 g/mol. The Morgan fingerprint density at radius 2 is 2.15 bits per heavy atom. The summed E-state index contributed by atoms with van der Waals surface area (Å²) in [6, 6.07) is 7.95. The van der Waals surface area contributed by atoms with Crippen LogP contribution in [0.4, 0.5) is 0 Å². The quantitative estimate of drug-likeness (QED) is 0.862. The highest BCUT2D eigenvalue weighted by Gasteiger charge is 2.32. The second kappa shape index (κ2) is 8.36. The summed E-state index contributed by atoms with van der Waals surface area (Å²) in [5.74, 6) is 1.17. The Labute approximate surface area is 155 Å². The zero-order chi connectivity index (χ0) is 18.5. The van der Waals surface area contributed by atoms with E-state index in [0.29, 0.717) is 18.9 Å². The summed E-state index contributed by atoms with van der Waals surface area (Å²) in [7, 11) is 5.82. The van der Waals surface area contributed by atoms with Crippen molar-refractivity contribution in [2.75, 3.05) is 27.2 Å². The molecule has 0 bridgehead atoms. The van der Waals surface area contributed by atoms with E-state index in [1.165, 1.54) is 5.69 Å². The van der Waals surface area contributed by atoms with Gasteiger partial charge in [0.05, 0.1) is 31.6 Å². The highest BCUT2D eigenvalue weighted by molar-refractivity contribution is 5.79. The lowest BCUT2D eigenvalue weighted by Gasteiger charge is -2.39. The normalized spacial score (nSPS) is 20.7. The van der Waals surface area contributed by atoms with Gasteiger partial charge < -0.3 is 14.6 Å². The maximum Gasteiger partial charge on any atom is 0.224 e. The van der Waals surface area contributed by atoms with E-state index in [4.69, 9.17) is 4.74 Å². The number of hydrogen-bond acceptors (Lipinski definition) is 4. The molecule has 1 aliphatic rings. The van der Waals surface area contributed by atoms with Crippen molar-refractivity contribution < 1.29 is 9.53 Å². The van der Waals surface area contributed by atoms with E-state index in [1.807, 2.05) is 43.8 Å². The summed E-state index contributed by atoms with van der Waals surface area (Å²) in [4.78, 5) is 19.1. The van der Waals surface area contributed by atoms with E-state index in [9.17, 15) is 4.79 Å². The van der Waals surface area contributed by atoms with Crippen LogP contribution in [0.2, 0.25) is 0 Å². The fourth-order valence-corrected chi connectivity index (χ4v) is 3.92. The smallest absolute Gasteiger partial charge is 0.224 e. The number of piperidine rings is 1. The Balaban J connectivity index is 1.63. The lowest BCUT2D eigenvalue weighted by molar-refractivity contribution is -0.120. The summed E-state index contributed by atoms with van der Waals surface area (Å²) < 4.78 is 7.42. The van der Waals surface area contributed by atoms with Crippen LogP contribution in [0.1, 0.15) is 30.1 Å². The zero-order valence-corrected chi connectivity index (χ0v) is 15.8. The Morgan fingerprint density at radius 3 is 2.88 bits per heavy atom. The van der Waals surface area contributed by atoms with Crippen molar-refractivity contribution in [2.24, 2.45) is 13.0 Å². The van der Waals surface area contributed by atoms with Crippen molar-refractivity contribution in [3.63, 3.8) is 0 Å². The average molecular weight is 356 g/mol. The van der Waals surface area contributed by atoms with Crippen molar-refractivity contribution in [1.82, 2.24) is 19.8 Å². The number of nitrogens with zero attached hydrogens (tertiary/aromatic N) is 3. The lowest BCUT2D eigenvalue weighted by Crippen LogP contribution is -2.42. The van der Waals surface area contributed by atoms with Crippen LogP contribution in [0.3, 0.4) is 0 Å². The summed E-state index contributed by atoms with van der Waals surface area (Å²) in [5.41, 5.74) is 2.12. The number of hydrogen-bond donors (Lipinski definition) is 1. The van der Waals surface area contributed by atoms with Gasteiger partial charge in [0.2, 0.25) is 5.91 Å². The molecule has 0 saturated carbocycles. The van der Waals surface area contributed by atoms with E-state index >= 15 is 0 Å². The average Bonchev–Trinajstić information content (AvgIpc) is 3.06. The number of amides is 1. The molecule has 6 nitrogen and oxygen atoms in total. The van der Waals surface area contributed by atoms with Gasteiger partial charge in [0.15, 0.2) is 0 Å². The van der Waals surface area contributed by atoms with Crippen molar-refractivity contribution >= 4 is 5.91 Å². The van der Waals surface area contributed by atoms with E-state index in [2.05, 4.69) is 26.8 Å². The zero-order valence-electron chi connectivity index (χ0n) is 15.8. The fourth-order valence-electron chi connectivity index (χ4n) is 3.92. The first-order valence-corrected chi connectivity index (χ1v) is 9.15. The van der Waals surface area contributed by atoms with Crippen LogP contribution in [0, 0.1) is 5.92 Å². The molecule has 3 rings (SSSR count). The van der Waals surface area contributed by atoms with Gasteiger partial charge in [0.25, 0.3) is 0 Å². The largest absolute Gasteiger partial charge is 0.496 e. The van der Waals surface area contributed by atoms with E-state index in [0.717, 1.165) is 30.7 Å².